The second kappa shape index (κ2) is 16.0. The quantitative estimate of drug-likeness (QED) is 0.0993. The van der Waals surface area contributed by atoms with Crippen LogP contribution in [0.15, 0.2) is 124 Å². The Kier molecular flexibility index (Phi) is 10.4. The van der Waals surface area contributed by atoms with Crippen molar-refractivity contribution in [1.29, 1.82) is 0 Å². The van der Waals surface area contributed by atoms with Crippen molar-refractivity contribution >= 4 is 79.0 Å². The molecule has 346 valence electrons. The van der Waals surface area contributed by atoms with Gasteiger partial charge in [-0.25, -0.2) is 4.98 Å². The van der Waals surface area contributed by atoms with E-state index in [2.05, 4.69) is 82.0 Å². The van der Waals surface area contributed by atoms with Crippen molar-refractivity contribution in [1.82, 2.24) is 19.9 Å². The summed E-state index contributed by atoms with van der Waals surface area (Å²) < 4.78 is 44.9. The number of carbonyl (C=O) groups is 1. The number of pyridine rings is 1. The zero-order chi connectivity index (χ0) is 47.6. The molecule has 0 saturated heterocycles. The number of aryl methyl sites for hydroxylation is 1. The SMILES string of the molecule is Cn1c(=O)c(-c2c(Cl)cccc2Cl)cc2cnc(Nc3ccc(CNC(=O)Cc4ccc5c(c4)C(C)(C)C4=C6C=C7C8=[N+](CCC7OC6CCN45)c4ccc(S(=O)(=O)O)cc4C8(C)C)cc3)nc21. The predicted octanol–water partition coefficient (Wildman–Crippen LogP) is 9.08. The average molecular weight is 970 g/mol. The summed E-state index contributed by atoms with van der Waals surface area (Å²) in [4.78, 5) is 38.3. The minimum atomic E-state index is -4.36. The Balaban J connectivity index is 0.778. The van der Waals surface area contributed by atoms with Crippen LogP contribution in [0.2, 0.25) is 10.0 Å². The van der Waals surface area contributed by atoms with Crippen LogP contribution in [0, 0.1) is 0 Å². The molecule has 0 spiro atoms. The molecule has 3 N–H and O–H groups in total. The van der Waals surface area contributed by atoms with Gasteiger partial charge in [-0.1, -0.05) is 67.4 Å². The fourth-order valence-electron chi connectivity index (χ4n) is 11.1. The van der Waals surface area contributed by atoms with Crippen LogP contribution in [-0.2, 0) is 50.5 Å². The van der Waals surface area contributed by atoms with E-state index < -0.39 is 15.5 Å². The number of anilines is 3. The highest BCUT2D eigenvalue weighted by Gasteiger charge is 2.54. The minimum Gasteiger partial charge on any atom is -0.365 e. The minimum absolute atomic E-state index is 0.0525. The predicted molar refractivity (Wildman–Crippen MR) is 264 cm³/mol. The van der Waals surface area contributed by atoms with Crippen LogP contribution in [0.3, 0.4) is 0 Å². The number of halogens is 2. The summed E-state index contributed by atoms with van der Waals surface area (Å²) in [5.41, 5.74) is 11.4. The topological polar surface area (TPSA) is 159 Å². The van der Waals surface area contributed by atoms with Crippen molar-refractivity contribution in [3.05, 3.63) is 157 Å². The molecule has 5 aliphatic rings. The third kappa shape index (κ3) is 7.18. The van der Waals surface area contributed by atoms with Crippen molar-refractivity contribution in [2.75, 3.05) is 23.3 Å². The standard InChI is InChI=1S/C52H47Cl2N7O6S/c1-51(2)36-21-29(22-44(62)55-26-28-9-12-31(13-10-28)57-50-56-27-30-23-35(49(63)59(5)48(30)58-50)45-38(53)7-6-8-39(45)54)11-15-40(36)60-19-17-42-33(46(51)60)25-34-43(67-42)18-20-61-41-16-14-32(68(64,65)66)24-37(41)52(3,4)47(34)61/h6-16,21,23-25,27,42-43H,17-20,22,26H2,1-5H3,(H2-,55,56,57,58,62,63,64,65,66)/p+1. The third-order valence-electron chi connectivity index (χ3n) is 14.3. The van der Waals surface area contributed by atoms with Crippen molar-refractivity contribution in [3.63, 3.8) is 0 Å². The Morgan fingerprint density at radius 1 is 0.926 bits per heavy atom. The number of rotatable bonds is 8. The molecule has 68 heavy (non-hydrogen) atoms. The van der Waals surface area contributed by atoms with Gasteiger partial charge in [0.25, 0.3) is 15.7 Å². The fourth-order valence-corrected chi connectivity index (χ4v) is 12.2. The molecule has 1 amide bonds. The largest absolute Gasteiger partial charge is 0.365 e. The number of carbonyl (C=O) groups excluding carboxylic acids is 1. The van der Waals surface area contributed by atoms with E-state index in [1.54, 1.807) is 43.6 Å². The van der Waals surface area contributed by atoms with Gasteiger partial charge in [0, 0.05) is 89.0 Å². The second-order valence-electron chi connectivity index (χ2n) is 19.3. The number of allylic oxidation sites excluding steroid dienone is 1. The molecular formula is C52H48Cl2N7O6S+. The van der Waals surface area contributed by atoms with Crippen LogP contribution in [-0.4, -0.2) is 69.0 Å². The maximum atomic E-state index is 13.4. The lowest BCUT2D eigenvalue weighted by Gasteiger charge is -2.42. The summed E-state index contributed by atoms with van der Waals surface area (Å²) in [6.07, 6.45) is 5.75. The summed E-state index contributed by atoms with van der Waals surface area (Å²) in [7, 11) is -2.71. The third-order valence-corrected chi connectivity index (χ3v) is 15.8. The highest BCUT2D eigenvalue weighted by molar-refractivity contribution is 7.85. The van der Waals surface area contributed by atoms with Crippen LogP contribution < -0.4 is 21.1 Å². The van der Waals surface area contributed by atoms with Gasteiger partial charge in [0.1, 0.15) is 5.65 Å². The molecule has 0 saturated carbocycles. The van der Waals surface area contributed by atoms with Gasteiger partial charge in [-0.05, 0) is 91.6 Å². The van der Waals surface area contributed by atoms with Crippen molar-refractivity contribution < 1.29 is 27.1 Å². The van der Waals surface area contributed by atoms with Crippen LogP contribution in [0.5, 0.6) is 0 Å². The molecular weight excluding hydrogens is 922 g/mol. The molecule has 7 heterocycles. The van der Waals surface area contributed by atoms with Crippen LogP contribution in [0.25, 0.3) is 22.2 Å². The zero-order valence-electron chi connectivity index (χ0n) is 38.0. The van der Waals surface area contributed by atoms with Crippen molar-refractivity contribution in [2.24, 2.45) is 7.05 Å². The first kappa shape index (κ1) is 44.4. The van der Waals surface area contributed by atoms with E-state index in [1.807, 2.05) is 30.3 Å². The van der Waals surface area contributed by atoms with Crippen molar-refractivity contribution in [2.45, 2.75) is 81.4 Å². The number of nitrogens with zero attached hydrogens (tertiary/aromatic N) is 5. The van der Waals surface area contributed by atoms with Gasteiger partial charge in [0.15, 0.2) is 12.3 Å². The summed E-state index contributed by atoms with van der Waals surface area (Å²) in [6.45, 7) is 10.6. The lowest BCUT2D eigenvalue weighted by molar-refractivity contribution is -0.445. The van der Waals surface area contributed by atoms with Crippen LogP contribution >= 0.6 is 23.2 Å². The molecule has 2 atom stereocenters. The summed E-state index contributed by atoms with van der Waals surface area (Å²) in [5, 5.41) is 7.71. The molecule has 0 aliphatic carbocycles. The molecule has 2 unspecified atom stereocenters. The summed E-state index contributed by atoms with van der Waals surface area (Å²) in [5.74, 6) is 0.234. The molecule has 16 heteroatoms. The number of hydrogen-bond acceptors (Lipinski definition) is 9. The number of nitrogens with one attached hydrogen (secondary N) is 2. The van der Waals surface area contributed by atoms with Gasteiger partial charge >= 0.3 is 0 Å². The normalized spacial score (nSPS) is 19.7. The molecule has 13 nitrogen and oxygen atoms in total. The van der Waals surface area contributed by atoms with Gasteiger partial charge in [-0.3, -0.25) is 18.7 Å². The second-order valence-corrected chi connectivity index (χ2v) is 21.5. The Hall–Kier alpha value is -6.16. The number of benzene rings is 4. The fraction of sp³-hybridized carbons (Fsp3) is 0.288. The van der Waals surface area contributed by atoms with Gasteiger partial charge in [0.2, 0.25) is 17.5 Å². The van der Waals surface area contributed by atoms with Crippen LogP contribution in [0.4, 0.5) is 23.0 Å². The summed E-state index contributed by atoms with van der Waals surface area (Å²) in [6, 6.07) is 25.7. The number of fused-ring (bicyclic) bond motifs is 9. The van der Waals surface area contributed by atoms with E-state index in [-0.39, 0.29) is 40.4 Å². The molecule has 2 aromatic heterocycles. The Morgan fingerprint density at radius 3 is 2.43 bits per heavy atom. The first-order chi connectivity index (χ1) is 32.4. The smallest absolute Gasteiger partial charge is 0.294 e. The van der Waals surface area contributed by atoms with Crippen molar-refractivity contribution in [3.8, 4) is 11.1 Å². The van der Waals surface area contributed by atoms with Gasteiger partial charge < -0.3 is 20.3 Å². The molecule has 11 rings (SSSR count). The summed E-state index contributed by atoms with van der Waals surface area (Å²) >= 11 is 12.9. The maximum Gasteiger partial charge on any atom is 0.294 e. The molecule has 6 aromatic rings. The first-order valence-corrected chi connectivity index (χ1v) is 24.8. The zero-order valence-corrected chi connectivity index (χ0v) is 40.4. The maximum absolute atomic E-state index is 13.4. The molecule has 5 aliphatic heterocycles. The van der Waals surface area contributed by atoms with Gasteiger partial charge in [0.05, 0.1) is 44.5 Å². The Morgan fingerprint density at radius 2 is 1.68 bits per heavy atom. The lowest BCUT2D eigenvalue weighted by atomic mass is 9.74. The Bertz CT molecular complexity index is 3450. The van der Waals surface area contributed by atoms with Crippen LogP contribution in [0.1, 0.15) is 62.8 Å². The molecule has 0 radical (unpaired) electrons. The van der Waals surface area contributed by atoms with E-state index in [1.165, 1.54) is 21.9 Å². The number of ether oxygens (including phenoxy) is 1. The van der Waals surface area contributed by atoms with E-state index in [9.17, 15) is 22.6 Å². The number of hydrogen-bond donors (Lipinski definition) is 3. The van der Waals surface area contributed by atoms with E-state index in [4.69, 9.17) is 27.9 Å². The first-order valence-electron chi connectivity index (χ1n) is 22.6. The number of aromatic nitrogens is 3. The molecule has 0 fully saturated rings. The highest BCUT2D eigenvalue weighted by atomic mass is 35.5. The van der Waals surface area contributed by atoms with E-state index >= 15 is 0 Å². The Labute approximate surface area is 403 Å². The molecule has 4 aromatic carbocycles. The van der Waals surface area contributed by atoms with E-state index in [0.717, 1.165) is 76.5 Å². The highest BCUT2D eigenvalue weighted by Crippen LogP contribution is 2.54. The monoisotopic (exact) mass is 968 g/mol. The van der Waals surface area contributed by atoms with Gasteiger partial charge in [-0.2, -0.15) is 18.0 Å². The number of amides is 1. The van der Waals surface area contributed by atoms with E-state index in [0.29, 0.717) is 44.7 Å². The average Bonchev–Trinajstić information content (AvgIpc) is 3.68. The lowest BCUT2D eigenvalue weighted by Crippen LogP contribution is -2.47. The van der Waals surface area contributed by atoms with Gasteiger partial charge in [-0.15, -0.1) is 0 Å². The molecule has 0 bridgehead atoms.